The van der Waals surface area contributed by atoms with E-state index in [0.29, 0.717) is 5.69 Å². The zero-order valence-electron chi connectivity index (χ0n) is 10.0. The first-order valence-electron chi connectivity index (χ1n) is 5.42. The molecule has 0 unspecified atom stereocenters. The number of aromatic carboxylic acids is 1. The monoisotopic (exact) mass is 275 g/mol. The predicted molar refractivity (Wildman–Crippen MR) is 70.0 cm³/mol. The van der Waals surface area contributed by atoms with Gasteiger partial charge in [0.05, 0.1) is 34.7 Å². The minimum atomic E-state index is -1.02. The third-order valence-corrected chi connectivity index (χ3v) is 2.38. The predicted octanol–water partition coefficient (Wildman–Crippen LogP) is 2.33. The van der Waals surface area contributed by atoms with E-state index >= 15 is 0 Å². The molecule has 1 aromatic carbocycles. The maximum atomic E-state index is 10.7. The van der Waals surface area contributed by atoms with Gasteiger partial charge in [0, 0.05) is 0 Å². The summed E-state index contributed by atoms with van der Waals surface area (Å²) in [7, 11) is 0. The zero-order chi connectivity index (χ0) is 14.5. The van der Waals surface area contributed by atoms with Crippen molar-refractivity contribution in [2.24, 2.45) is 5.10 Å². The van der Waals surface area contributed by atoms with Gasteiger partial charge in [0.2, 0.25) is 5.76 Å². The topological polar surface area (TPSA) is 118 Å². The molecule has 0 aliphatic heterocycles. The number of benzene rings is 1. The van der Waals surface area contributed by atoms with Crippen LogP contribution in [0.5, 0.6) is 0 Å². The number of hydrazone groups is 1. The lowest BCUT2D eigenvalue weighted by Gasteiger charge is -1.99. The molecule has 2 N–H and O–H groups in total. The van der Waals surface area contributed by atoms with E-state index < -0.39 is 10.9 Å². The number of carbonyl (C=O) groups is 1. The van der Waals surface area contributed by atoms with Crippen LogP contribution in [0.2, 0.25) is 0 Å². The van der Waals surface area contributed by atoms with E-state index in [1.807, 2.05) is 0 Å². The van der Waals surface area contributed by atoms with Gasteiger partial charge in [-0.1, -0.05) is 0 Å². The second-order valence-electron chi connectivity index (χ2n) is 3.68. The van der Waals surface area contributed by atoms with Crippen molar-refractivity contribution in [1.82, 2.24) is 0 Å². The summed E-state index contributed by atoms with van der Waals surface area (Å²) >= 11 is 0. The molecule has 8 heteroatoms. The number of nitrogens with one attached hydrogen (secondary N) is 1. The summed E-state index contributed by atoms with van der Waals surface area (Å²) in [5.41, 5.74) is 3.12. The van der Waals surface area contributed by atoms with Crippen molar-refractivity contribution >= 4 is 23.6 Å². The summed E-state index contributed by atoms with van der Waals surface area (Å²) in [5.74, 6) is -1.00. The molecular weight excluding hydrogens is 266 g/mol. The van der Waals surface area contributed by atoms with Crippen molar-refractivity contribution in [1.29, 1.82) is 0 Å². The van der Waals surface area contributed by atoms with Crippen molar-refractivity contribution in [3.8, 4) is 0 Å². The van der Waals surface area contributed by atoms with Crippen LogP contribution in [-0.4, -0.2) is 22.2 Å². The minimum Gasteiger partial charge on any atom is -0.478 e. The molecule has 0 spiro atoms. The highest BCUT2D eigenvalue weighted by molar-refractivity contribution is 5.88. The van der Waals surface area contributed by atoms with Crippen molar-refractivity contribution in [2.45, 2.75) is 0 Å². The highest BCUT2D eigenvalue weighted by Crippen LogP contribution is 2.17. The minimum absolute atomic E-state index is 0.0182. The molecule has 1 aromatic heterocycles. The fourth-order valence-electron chi connectivity index (χ4n) is 1.41. The number of carboxylic acid groups (broad SMARTS) is 1. The first kappa shape index (κ1) is 13.3. The SMILES string of the molecule is O=C(O)c1ccc(NN=Cc2occc2[N+](=O)[O-])cc1. The molecule has 0 saturated heterocycles. The lowest BCUT2D eigenvalue weighted by atomic mass is 10.2. The Morgan fingerprint density at radius 2 is 2.05 bits per heavy atom. The van der Waals surface area contributed by atoms with E-state index in [-0.39, 0.29) is 17.0 Å². The molecule has 0 aliphatic carbocycles. The van der Waals surface area contributed by atoms with Crippen LogP contribution in [0.15, 0.2) is 46.1 Å². The van der Waals surface area contributed by atoms with Crippen molar-refractivity contribution in [2.75, 3.05) is 5.43 Å². The van der Waals surface area contributed by atoms with Crippen molar-refractivity contribution in [3.63, 3.8) is 0 Å². The molecule has 2 rings (SSSR count). The first-order valence-corrected chi connectivity index (χ1v) is 5.42. The Kier molecular flexibility index (Phi) is 3.75. The number of nitrogens with zero attached hydrogens (tertiary/aromatic N) is 2. The van der Waals surface area contributed by atoms with Crippen LogP contribution in [-0.2, 0) is 0 Å². The Morgan fingerprint density at radius 1 is 1.35 bits per heavy atom. The van der Waals surface area contributed by atoms with Crippen LogP contribution in [0.4, 0.5) is 11.4 Å². The number of rotatable bonds is 5. The molecule has 2 aromatic rings. The van der Waals surface area contributed by atoms with E-state index in [4.69, 9.17) is 9.52 Å². The van der Waals surface area contributed by atoms with Gasteiger partial charge in [-0.2, -0.15) is 5.10 Å². The second kappa shape index (κ2) is 5.65. The smallest absolute Gasteiger partial charge is 0.335 e. The average Bonchev–Trinajstić information content (AvgIpc) is 2.88. The summed E-state index contributed by atoms with van der Waals surface area (Å²) in [4.78, 5) is 20.7. The number of hydrogen-bond acceptors (Lipinski definition) is 6. The van der Waals surface area contributed by atoms with Gasteiger partial charge < -0.3 is 9.52 Å². The molecule has 102 valence electrons. The lowest BCUT2D eigenvalue weighted by Crippen LogP contribution is -1.97. The van der Waals surface area contributed by atoms with E-state index in [0.717, 1.165) is 0 Å². The van der Waals surface area contributed by atoms with Gasteiger partial charge in [-0.15, -0.1) is 0 Å². The Balaban J connectivity index is 2.04. The average molecular weight is 275 g/mol. The molecule has 0 aliphatic rings. The van der Waals surface area contributed by atoms with Crippen LogP contribution >= 0.6 is 0 Å². The maximum absolute atomic E-state index is 10.7. The van der Waals surface area contributed by atoms with Gasteiger partial charge in [0.15, 0.2) is 0 Å². The zero-order valence-corrected chi connectivity index (χ0v) is 10.0. The molecule has 20 heavy (non-hydrogen) atoms. The number of nitro groups is 1. The summed E-state index contributed by atoms with van der Waals surface area (Å²) in [5, 5.41) is 23.1. The number of hydrogen-bond donors (Lipinski definition) is 2. The van der Waals surface area contributed by atoms with Crippen LogP contribution in [0.3, 0.4) is 0 Å². The third kappa shape index (κ3) is 2.99. The summed E-state index contributed by atoms with van der Waals surface area (Å²) in [6.07, 6.45) is 2.37. The Labute approximate surface area is 112 Å². The molecular formula is C12H9N3O5. The highest BCUT2D eigenvalue weighted by Gasteiger charge is 2.14. The summed E-state index contributed by atoms with van der Waals surface area (Å²) in [6.45, 7) is 0. The highest BCUT2D eigenvalue weighted by atomic mass is 16.6. The molecule has 0 atom stereocenters. The van der Waals surface area contributed by atoms with Crippen LogP contribution in [0.1, 0.15) is 16.1 Å². The number of carboxylic acids is 1. The number of furan rings is 1. The van der Waals surface area contributed by atoms with E-state index in [2.05, 4.69) is 10.5 Å². The van der Waals surface area contributed by atoms with Gasteiger partial charge in [0.25, 0.3) is 0 Å². The van der Waals surface area contributed by atoms with E-state index in [1.54, 1.807) is 0 Å². The summed E-state index contributed by atoms with van der Waals surface area (Å²) in [6, 6.07) is 7.10. The van der Waals surface area contributed by atoms with E-state index in [1.165, 1.54) is 42.8 Å². The second-order valence-corrected chi connectivity index (χ2v) is 3.68. The molecule has 0 radical (unpaired) electrons. The fraction of sp³-hybridized carbons (Fsp3) is 0. The van der Waals surface area contributed by atoms with Gasteiger partial charge >= 0.3 is 11.7 Å². The fourth-order valence-corrected chi connectivity index (χ4v) is 1.41. The van der Waals surface area contributed by atoms with Crippen LogP contribution in [0, 0.1) is 10.1 Å². The van der Waals surface area contributed by atoms with Gasteiger partial charge in [-0.05, 0) is 24.3 Å². The van der Waals surface area contributed by atoms with Crippen molar-refractivity contribution < 1.29 is 19.2 Å². The Hall–Kier alpha value is -3.16. The van der Waals surface area contributed by atoms with Crippen molar-refractivity contribution in [3.05, 3.63) is 58.0 Å². The maximum Gasteiger partial charge on any atom is 0.335 e. The molecule has 0 fully saturated rings. The molecule has 0 saturated carbocycles. The van der Waals surface area contributed by atoms with E-state index in [9.17, 15) is 14.9 Å². The standard InChI is InChI=1S/C12H9N3O5/c16-12(17)8-1-3-9(4-2-8)14-13-7-11-10(15(18)19)5-6-20-11/h1-7,14H,(H,16,17). The summed E-state index contributed by atoms with van der Waals surface area (Å²) < 4.78 is 4.91. The Morgan fingerprint density at radius 3 is 2.65 bits per heavy atom. The van der Waals surface area contributed by atoms with Gasteiger partial charge in [0.1, 0.15) is 0 Å². The lowest BCUT2D eigenvalue weighted by molar-refractivity contribution is -0.385. The van der Waals surface area contributed by atoms with Gasteiger partial charge in [-0.3, -0.25) is 15.5 Å². The molecule has 0 bridgehead atoms. The van der Waals surface area contributed by atoms with Crippen LogP contribution < -0.4 is 5.43 Å². The Bertz CT molecular complexity index is 660. The largest absolute Gasteiger partial charge is 0.478 e. The normalized spacial score (nSPS) is 10.6. The molecule has 8 nitrogen and oxygen atoms in total. The number of anilines is 1. The molecule has 0 amide bonds. The van der Waals surface area contributed by atoms with Gasteiger partial charge in [-0.25, -0.2) is 4.79 Å². The van der Waals surface area contributed by atoms with Crippen LogP contribution in [0.25, 0.3) is 0 Å². The first-order chi connectivity index (χ1) is 9.58. The third-order valence-electron chi connectivity index (χ3n) is 2.38. The quantitative estimate of drug-likeness (QED) is 0.491. The molecule has 1 heterocycles.